The van der Waals surface area contributed by atoms with E-state index in [1.165, 1.54) is 0 Å². The van der Waals surface area contributed by atoms with Crippen LogP contribution in [0.25, 0.3) is 0 Å². The molecule has 0 radical (unpaired) electrons. The first-order valence-corrected chi connectivity index (χ1v) is 11.7. The number of aromatic nitrogens is 2. The lowest BCUT2D eigenvalue weighted by Crippen LogP contribution is -2.28. The molecular weight excluding hydrogens is 442 g/mol. The molecule has 1 fully saturated rings. The lowest BCUT2D eigenvalue weighted by molar-refractivity contribution is -0.122. The molecule has 3 aromatic rings. The first-order chi connectivity index (χ1) is 16.8. The molecule has 1 unspecified atom stereocenters. The Morgan fingerprint density at radius 3 is 2.40 bits per heavy atom. The van der Waals surface area contributed by atoms with Gasteiger partial charge in [0.2, 0.25) is 11.8 Å². The minimum Gasteiger partial charge on any atom is -0.497 e. The number of ether oxygens (including phenoxy) is 1. The molecule has 0 spiro atoms. The van der Waals surface area contributed by atoms with Gasteiger partial charge in [-0.1, -0.05) is 6.07 Å². The van der Waals surface area contributed by atoms with Crippen molar-refractivity contribution in [3.8, 4) is 5.75 Å². The van der Waals surface area contributed by atoms with Crippen molar-refractivity contribution in [3.05, 3.63) is 71.3 Å². The van der Waals surface area contributed by atoms with Crippen molar-refractivity contribution in [3.63, 3.8) is 0 Å². The zero-order valence-electron chi connectivity index (χ0n) is 20.6. The Hall–Kier alpha value is -3.94. The van der Waals surface area contributed by atoms with Crippen LogP contribution in [0.4, 0.5) is 17.1 Å². The molecule has 0 saturated carbocycles. The minimum atomic E-state index is -0.413. The molecule has 8 nitrogen and oxygen atoms in total. The lowest BCUT2D eigenvalue weighted by atomic mass is 10.1. The average molecular weight is 474 g/mol. The number of carbonyl (C=O) groups excluding carboxylic acids is 2. The van der Waals surface area contributed by atoms with Crippen molar-refractivity contribution in [2.45, 2.75) is 33.6 Å². The van der Waals surface area contributed by atoms with Crippen LogP contribution in [-0.4, -0.2) is 42.0 Å². The van der Waals surface area contributed by atoms with Gasteiger partial charge in [0.15, 0.2) is 0 Å². The standard InChI is InChI=1S/C27H31N5O3/c1-17-5-10-23(35-4)15-24(17)32-16-20(14-26(32)33)27(34)31-22-8-6-21(7-9-22)28-12-11-25-29-18(2)13-19(3)30-25/h5-10,13,15,20,28H,11-12,14,16H2,1-4H3,(H,31,34). The van der Waals surface area contributed by atoms with Gasteiger partial charge in [-0.3, -0.25) is 9.59 Å². The quantitative estimate of drug-likeness (QED) is 0.512. The summed E-state index contributed by atoms with van der Waals surface area (Å²) in [6.07, 6.45) is 0.905. The number of nitrogens with zero attached hydrogens (tertiary/aromatic N) is 3. The second-order valence-electron chi connectivity index (χ2n) is 8.87. The van der Waals surface area contributed by atoms with E-state index >= 15 is 0 Å². The fourth-order valence-corrected chi connectivity index (χ4v) is 4.27. The van der Waals surface area contributed by atoms with Crippen LogP contribution in [0, 0.1) is 26.7 Å². The lowest BCUT2D eigenvalue weighted by Gasteiger charge is -2.20. The number of benzene rings is 2. The van der Waals surface area contributed by atoms with Gasteiger partial charge in [0.1, 0.15) is 11.6 Å². The summed E-state index contributed by atoms with van der Waals surface area (Å²) in [5.41, 5.74) is 5.33. The first-order valence-electron chi connectivity index (χ1n) is 11.7. The fourth-order valence-electron chi connectivity index (χ4n) is 4.27. The monoisotopic (exact) mass is 473 g/mol. The molecule has 1 atom stereocenters. The van der Waals surface area contributed by atoms with Gasteiger partial charge in [-0.25, -0.2) is 9.97 Å². The molecule has 4 rings (SSSR count). The van der Waals surface area contributed by atoms with E-state index in [-0.39, 0.29) is 18.2 Å². The van der Waals surface area contributed by atoms with Crippen molar-refractivity contribution in [2.24, 2.45) is 5.92 Å². The summed E-state index contributed by atoms with van der Waals surface area (Å²) in [5, 5.41) is 6.30. The molecular formula is C27H31N5O3. The summed E-state index contributed by atoms with van der Waals surface area (Å²) in [5.74, 6) is 0.872. The molecule has 2 amide bonds. The summed E-state index contributed by atoms with van der Waals surface area (Å²) in [6.45, 7) is 6.94. The third-order valence-corrected chi connectivity index (χ3v) is 6.06. The second kappa shape index (κ2) is 10.5. The van der Waals surface area contributed by atoms with E-state index in [1.807, 2.05) is 69.3 Å². The Morgan fingerprint density at radius 2 is 1.71 bits per heavy atom. The number of methoxy groups -OCH3 is 1. The Bertz CT molecular complexity index is 1210. The minimum absolute atomic E-state index is 0.0613. The normalized spacial score (nSPS) is 15.3. The summed E-state index contributed by atoms with van der Waals surface area (Å²) in [6, 6.07) is 15.1. The number of aryl methyl sites for hydroxylation is 3. The highest BCUT2D eigenvalue weighted by atomic mass is 16.5. The van der Waals surface area contributed by atoms with Crippen LogP contribution in [0.2, 0.25) is 0 Å². The van der Waals surface area contributed by atoms with Crippen LogP contribution in [0.3, 0.4) is 0 Å². The molecule has 1 aliphatic heterocycles. The van der Waals surface area contributed by atoms with Gasteiger partial charge in [-0.15, -0.1) is 0 Å². The van der Waals surface area contributed by atoms with Gasteiger partial charge in [0, 0.05) is 54.8 Å². The van der Waals surface area contributed by atoms with Crippen molar-refractivity contribution in [1.82, 2.24) is 9.97 Å². The van der Waals surface area contributed by atoms with Crippen molar-refractivity contribution in [1.29, 1.82) is 0 Å². The molecule has 2 heterocycles. The topological polar surface area (TPSA) is 96.5 Å². The third-order valence-electron chi connectivity index (χ3n) is 6.06. The highest BCUT2D eigenvalue weighted by Gasteiger charge is 2.35. The average Bonchev–Trinajstić information content (AvgIpc) is 3.21. The second-order valence-corrected chi connectivity index (χ2v) is 8.87. The zero-order chi connectivity index (χ0) is 24.9. The number of hydrogen-bond donors (Lipinski definition) is 2. The van der Waals surface area contributed by atoms with Crippen molar-refractivity contribution < 1.29 is 14.3 Å². The molecule has 1 aromatic heterocycles. The van der Waals surface area contributed by atoms with E-state index in [1.54, 1.807) is 12.0 Å². The van der Waals surface area contributed by atoms with Crippen LogP contribution in [0.1, 0.15) is 29.2 Å². The van der Waals surface area contributed by atoms with Gasteiger partial charge in [0.25, 0.3) is 0 Å². The van der Waals surface area contributed by atoms with Gasteiger partial charge >= 0.3 is 0 Å². The Balaban J connectivity index is 1.31. The number of rotatable bonds is 8. The zero-order valence-corrected chi connectivity index (χ0v) is 20.6. The van der Waals surface area contributed by atoms with E-state index in [4.69, 9.17) is 4.74 Å². The highest BCUT2D eigenvalue weighted by Crippen LogP contribution is 2.31. The molecule has 1 aliphatic rings. The van der Waals surface area contributed by atoms with Crippen molar-refractivity contribution >= 4 is 28.9 Å². The van der Waals surface area contributed by atoms with E-state index in [0.717, 1.165) is 40.6 Å². The summed E-state index contributed by atoms with van der Waals surface area (Å²) in [7, 11) is 1.59. The Labute approximate surface area is 205 Å². The molecule has 35 heavy (non-hydrogen) atoms. The van der Waals surface area contributed by atoms with Crippen LogP contribution >= 0.6 is 0 Å². The number of hydrogen-bond acceptors (Lipinski definition) is 6. The summed E-state index contributed by atoms with van der Waals surface area (Å²) >= 11 is 0. The largest absolute Gasteiger partial charge is 0.497 e. The Morgan fingerprint density at radius 1 is 1.03 bits per heavy atom. The smallest absolute Gasteiger partial charge is 0.229 e. The van der Waals surface area contributed by atoms with Crippen LogP contribution < -0.4 is 20.3 Å². The molecule has 0 bridgehead atoms. The maximum Gasteiger partial charge on any atom is 0.229 e. The maximum atomic E-state index is 12.9. The molecule has 2 N–H and O–H groups in total. The van der Waals surface area contributed by atoms with Crippen molar-refractivity contribution in [2.75, 3.05) is 35.7 Å². The van der Waals surface area contributed by atoms with E-state index in [9.17, 15) is 9.59 Å². The van der Waals surface area contributed by atoms with Crippen LogP contribution in [-0.2, 0) is 16.0 Å². The number of anilines is 3. The number of carbonyl (C=O) groups is 2. The van der Waals surface area contributed by atoms with Gasteiger partial charge in [-0.05, 0) is 62.7 Å². The maximum absolute atomic E-state index is 12.9. The van der Waals surface area contributed by atoms with Crippen LogP contribution in [0.15, 0.2) is 48.5 Å². The van der Waals surface area contributed by atoms with E-state index in [2.05, 4.69) is 20.6 Å². The van der Waals surface area contributed by atoms with Gasteiger partial charge in [-0.2, -0.15) is 0 Å². The first kappa shape index (κ1) is 24.2. The SMILES string of the molecule is COc1ccc(C)c(N2CC(C(=O)Nc3ccc(NCCc4nc(C)cc(C)n4)cc3)CC2=O)c1. The number of nitrogens with one attached hydrogen (secondary N) is 2. The van der Waals surface area contributed by atoms with Crippen LogP contribution in [0.5, 0.6) is 5.75 Å². The predicted octanol–water partition coefficient (Wildman–Crippen LogP) is 4.06. The molecule has 8 heteroatoms. The summed E-state index contributed by atoms with van der Waals surface area (Å²) in [4.78, 5) is 36.1. The molecule has 182 valence electrons. The molecule has 0 aliphatic carbocycles. The van der Waals surface area contributed by atoms with Gasteiger partial charge in [0.05, 0.1) is 18.7 Å². The van der Waals surface area contributed by atoms with E-state index < -0.39 is 5.92 Å². The number of amides is 2. The Kier molecular flexibility index (Phi) is 7.29. The summed E-state index contributed by atoms with van der Waals surface area (Å²) < 4.78 is 5.30. The highest BCUT2D eigenvalue weighted by molar-refractivity contribution is 6.04. The fraction of sp³-hybridized carbons (Fsp3) is 0.333. The molecule has 1 saturated heterocycles. The van der Waals surface area contributed by atoms with Gasteiger partial charge < -0.3 is 20.3 Å². The van der Waals surface area contributed by atoms with E-state index in [0.29, 0.717) is 24.5 Å². The predicted molar refractivity (Wildman–Crippen MR) is 137 cm³/mol. The third kappa shape index (κ3) is 5.95. The molecule has 2 aromatic carbocycles.